The van der Waals surface area contributed by atoms with Gasteiger partial charge in [-0.05, 0) is 55.8 Å². The van der Waals surface area contributed by atoms with E-state index < -0.39 is 0 Å². The zero-order valence-electron chi connectivity index (χ0n) is 20.5. The summed E-state index contributed by atoms with van der Waals surface area (Å²) in [4.78, 5) is 41.4. The lowest BCUT2D eigenvalue weighted by Crippen LogP contribution is -2.47. The second-order valence-electron chi connectivity index (χ2n) is 8.98. The van der Waals surface area contributed by atoms with Gasteiger partial charge in [-0.1, -0.05) is 6.58 Å². The Bertz CT molecular complexity index is 1370. The zero-order chi connectivity index (χ0) is 25.8. The number of aromatic nitrogens is 3. The lowest BCUT2D eigenvalue weighted by molar-refractivity contribution is -0.111. The zero-order valence-corrected chi connectivity index (χ0v) is 20.5. The average Bonchev–Trinajstić information content (AvgIpc) is 3.40. The number of fused-ring (bicyclic) bond motifs is 2. The van der Waals surface area contributed by atoms with Crippen LogP contribution in [0.15, 0.2) is 54.2 Å². The Morgan fingerprint density at radius 2 is 2.16 bits per heavy atom. The first kappa shape index (κ1) is 24.5. The summed E-state index contributed by atoms with van der Waals surface area (Å²) in [5.41, 5.74) is 3.64. The van der Waals surface area contributed by atoms with Crippen molar-refractivity contribution in [1.29, 1.82) is 0 Å². The van der Waals surface area contributed by atoms with Crippen LogP contribution in [-0.2, 0) is 14.9 Å². The molecule has 0 radical (unpaired) electrons. The molecule has 10 heteroatoms. The van der Waals surface area contributed by atoms with Gasteiger partial charge in [0.15, 0.2) is 5.82 Å². The maximum absolute atomic E-state index is 12.6. The molecule has 2 aliphatic heterocycles. The Balaban J connectivity index is 1.48. The number of rotatable bonds is 8. The van der Waals surface area contributed by atoms with E-state index in [1.807, 2.05) is 12.1 Å². The molecule has 0 saturated carbocycles. The van der Waals surface area contributed by atoms with Crippen molar-refractivity contribution in [2.24, 2.45) is 4.99 Å². The number of carbonyl (C=O) groups is 2. The number of benzene rings is 1. The summed E-state index contributed by atoms with van der Waals surface area (Å²) >= 11 is 0. The van der Waals surface area contributed by atoms with Crippen LogP contribution < -0.4 is 15.4 Å². The molecule has 0 bridgehead atoms. The summed E-state index contributed by atoms with van der Waals surface area (Å²) in [6.07, 6.45) is 6.55. The smallest absolute Gasteiger partial charge is 0.278 e. The molecule has 1 saturated heterocycles. The van der Waals surface area contributed by atoms with E-state index in [-0.39, 0.29) is 17.2 Å². The topological polar surface area (TPSA) is 131 Å². The fraction of sp³-hybridized carbons (Fsp3) is 0.296. The highest BCUT2D eigenvalue weighted by atomic mass is 16.5. The highest BCUT2D eigenvalue weighted by Crippen LogP contribution is 2.37. The fourth-order valence-corrected chi connectivity index (χ4v) is 4.68. The van der Waals surface area contributed by atoms with Crippen molar-refractivity contribution in [2.75, 3.05) is 38.7 Å². The van der Waals surface area contributed by atoms with Crippen LogP contribution in [-0.4, -0.2) is 66.4 Å². The quantitative estimate of drug-likeness (QED) is 0.320. The number of ether oxygens (including phenoxy) is 2. The number of amides is 2. The molecule has 4 heterocycles. The first-order valence-corrected chi connectivity index (χ1v) is 12.1. The number of aromatic amines is 1. The summed E-state index contributed by atoms with van der Waals surface area (Å²) in [6.45, 7) is 5.93. The van der Waals surface area contributed by atoms with E-state index >= 15 is 0 Å². The molecule has 1 aromatic carbocycles. The average molecular weight is 501 g/mol. The largest absolute Gasteiger partial charge is 0.489 e. The van der Waals surface area contributed by atoms with Crippen molar-refractivity contribution in [1.82, 2.24) is 20.3 Å². The molecule has 1 unspecified atom stereocenters. The lowest BCUT2D eigenvalue weighted by atomic mass is 9.76. The van der Waals surface area contributed by atoms with Crippen molar-refractivity contribution >= 4 is 23.7 Å². The Hall–Kier alpha value is -4.15. The predicted molar refractivity (Wildman–Crippen MR) is 140 cm³/mol. The first-order valence-electron chi connectivity index (χ1n) is 12.1. The van der Waals surface area contributed by atoms with E-state index in [9.17, 15) is 9.59 Å². The molecule has 10 nitrogen and oxygen atoms in total. The Kier molecular flexibility index (Phi) is 6.93. The van der Waals surface area contributed by atoms with Gasteiger partial charge in [0.1, 0.15) is 12.4 Å². The molecule has 2 aliphatic rings. The van der Waals surface area contributed by atoms with Gasteiger partial charge in [0, 0.05) is 37.3 Å². The fourth-order valence-electron chi connectivity index (χ4n) is 4.68. The monoisotopic (exact) mass is 500 g/mol. The molecular weight excluding hydrogens is 472 g/mol. The Morgan fingerprint density at radius 3 is 2.95 bits per heavy atom. The summed E-state index contributed by atoms with van der Waals surface area (Å²) in [6, 6.07) is 8.94. The molecule has 1 atom stereocenters. The van der Waals surface area contributed by atoms with Gasteiger partial charge in [0.2, 0.25) is 5.91 Å². The molecule has 3 N–H and O–H groups in total. The maximum Gasteiger partial charge on any atom is 0.278 e. The van der Waals surface area contributed by atoms with Crippen molar-refractivity contribution in [3.05, 3.63) is 60.4 Å². The maximum atomic E-state index is 12.6. The summed E-state index contributed by atoms with van der Waals surface area (Å²) in [5, 5.41) is 6.20. The number of nitrogens with one attached hydrogen (secondary N) is 3. The molecule has 37 heavy (non-hydrogen) atoms. The number of carbonyl (C=O) groups excluding carboxylic acids is 2. The van der Waals surface area contributed by atoms with Crippen molar-refractivity contribution in [3.63, 3.8) is 0 Å². The highest BCUT2D eigenvalue weighted by Gasteiger charge is 2.40. The van der Waals surface area contributed by atoms with Gasteiger partial charge in [0.25, 0.3) is 5.91 Å². The van der Waals surface area contributed by atoms with Crippen molar-refractivity contribution < 1.29 is 19.1 Å². The number of anilines is 1. The molecular formula is C27H28N6O4. The number of methoxy groups -OCH3 is 1. The SMILES string of the molecule is C=CC(=O)Nc1cc(-c2nccc(-c3cc4c([nH]3)C3(C=NC4=O)CCCNC3)n2)ccc1OCCOC. The molecule has 3 aromatic rings. The first-order chi connectivity index (χ1) is 18.0. The third kappa shape index (κ3) is 4.93. The number of hydrogen-bond acceptors (Lipinski definition) is 7. The van der Waals surface area contributed by atoms with Crippen LogP contribution in [0.2, 0.25) is 0 Å². The second kappa shape index (κ2) is 10.5. The Morgan fingerprint density at radius 1 is 1.27 bits per heavy atom. The number of piperidine rings is 1. The minimum Gasteiger partial charge on any atom is -0.489 e. The minimum absolute atomic E-state index is 0.255. The van der Waals surface area contributed by atoms with Gasteiger partial charge in [-0.2, -0.15) is 0 Å². The van der Waals surface area contributed by atoms with Crippen LogP contribution in [0.4, 0.5) is 5.69 Å². The summed E-state index contributed by atoms with van der Waals surface area (Å²) < 4.78 is 10.8. The van der Waals surface area contributed by atoms with Crippen LogP contribution >= 0.6 is 0 Å². The van der Waals surface area contributed by atoms with Gasteiger partial charge in [-0.25, -0.2) is 15.0 Å². The number of nitrogens with zero attached hydrogens (tertiary/aromatic N) is 3. The lowest BCUT2D eigenvalue weighted by Gasteiger charge is -2.35. The molecule has 1 fully saturated rings. The highest BCUT2D eigenvalue weighted by molar-refractivity contribution is 6.06. The van der Waals surface area contributed by atoms with Gasteiger partial charge in [0.05, 0.1) is 34.7 Å². The van der Waals surface area contributed by atoms with Gasteiger partial charge in [-0.3, -0.25) is 9.59 Å². The number of aliphatic imine (C=N–C) groups is 1. The normalized spacial score (nSPS) is 18.5. The molecule has 5 rings (SSSR count). The standard InChI is InChI=1S/C27H28N6O4/c1-3-23(34)31-21-13-17(5-6-22(21)37-12-11-36-2)25-29-10-7-19(33-25)20-14-18-24(32-20)27(16-30-26(18)35)8-4-9-28-15-27/h3,5-7,10,13-14,16,28,32H,1,4,8-9,11-12,15H2,2H3,(H,31,34). The Labute approximate surface area is 214 Å². The van der Waals surface area contributed by atoms with Crippen molar-refractivity contribution in [3.8, 4) is 28.5 Å². The third-order valence-corrected chi connectivity index (χ3v) is 6.55. The van der Waals surface area contributed by atoms with E-state index in [0.29, 0.717) is 47.3 Å². The molecule has 2 aromatic heterocycles. The van der Waals surface area contributed by atoms with E-state index in [0.717, 1.165) is 37.3 Å². The van der Waals surface area contributed by atoms with E-state index in [4.69, 9.17) is 14.5 Å². The van der Waals surface area contributed by atoms with E-state index in [1.165, 1.54) is 6.08 Å². The summed E-state index contributed by atoms with van der Waals surface area (Å²) in [5.74, 6) is 0.335. The number of hydrogen-bond donors (Lipinski definition) is 3. The predicted octanol–water partition coefficient (Wildman–Crippen LogP) is 3.13. The van der Waals surface area contributed by atoms with Crippen LogP contribution in [0.5, 0.6) is 5.75 Å². The van der Waals surface area contributed by atoms with Crippen molar-refractivity contribution in [2.45, 2.75) is 18.3 Å². The number of H-pyrrole nitrogens is 1. The van der Waals surface area contributed by atoms with Crippen LogP contribution in [0.1, 0.15) is 28.9 Å². The second-order valence-corrected chi connectivity index (χ2v) is 8.98. The van der Waals surface area contributed by atoms with Gasteiger partial charge in [-0.15, -0.1) is 0 Å². The van der Waals surface area contributed by atoms with E-state index in [2.05, 4.69) is 32.2 Å². The minimum atomic E-state index is -0.363. The van der Waals surface area contributed by atoms with Crippen LogP contribution in [0, 0.1) is 0 Å². The molecule has 2 amide bonds. The van der Waals surface area contributed by atoms with Crippen LogP contribution in [0.25, 0.3) is 22.8 Å². The molecule has 1 spiro atoms. The van der Waals surface area contributed by atoms with E-state index in [1.54, 1.807) is 37.7 Å². The summed E-state index contributed by atoms with van der Waals surface area (Å²) in [7, 11) is 1.59. The molecule has 0 aliphatic carbocycles. The van der Waals surface area contributed by atoms with Gasteiger partial charge >= 0.3 is 0 Å². The molecule has 190 valence electrons. The van der Waals surface area contributed by atoms with Gasteiger partial charge < -0.3 is 25.1 Å². The van der Waals surface area contributed by atoms with Crippen LogP contribution in [0.3, 0.4) is 0 Å². The third-order valence-electron chi connectivity index (χ3n) is 6.55.